The highest BCUT2D eigenvalue weighted by Crippen LogP contribution is 2.20. The minimum atomic E-state index is 0.569. The standard InChI is InChI=1S/C10H18N4/c1-3-13-6-4-10(5-7-13)14-8-9(2)11-12-14/h8,10H,3-7H2,1-2H3. The number of aryl methyl sites for hydroxylation is 1. The molecule has 2 heterocycles. The van der Waals surface area contributed by atoms with Crippen LogP contribution in [0.4, 0.5) is 0 Å². The zero-order valence-electron chi connectivity index (χ0n) is 8.98. The number of likely N-dealkylation sites (tertiary alicyclic amines) is 1. The summed E-state index contributed by atoms with van der Waals surface area (Å²) in [6, 6.07) is 0.569. The average Bonchev–Trinajstić information content (AvgIpc) is 2.65. The van der Waals surface area contributed by atoms with E-state index in [1.807, 2.05) is 17.8 Å². The first-order valence-corrected chi connectivity index (χ1v) is 5.40. The maximum Gasteiger partial charge on any atom is 0.0796 e. The summed E-state index contributed by atoms with van der Waals surface area (Å²) in [7, 11) is 0. The van der Waals surface area contributed by atoms with Crippen LogP contribution in [0.1, 0.15) is 31.5 Å². The first-order chi connectivity index (χ1) is 6.79. The highest BCUT2D eigenvalue weighted by Gasteiger charge is 2.19. The van der Waals surface area contributed by atoms with Crippen LogP contribution in [0.3, 0.4) is 0 Å². The second-order valence-electron chi connectivity index (χ2n) is 4.01. The van der Waals surface area contributed by atoms with Crippen LogP contribution in [0.25, 0.3) is 0 Å². The molecule has 14 heavy (non-hydrogen) atoms. The van der Waals surface area contributed by atoms with Crippen LogP contribution in [-0.2, 0) is 0 Å². The van der Waals surface area contributed by atoms with Crippen LogP contribution in [0.5, 0.6) is 0 Å². The molecule has 78 valence electrons. The van der Waals surface area contributed by atoms with Crippen molar-refractivity contribution < 1.29 is 0 Å². The summed E-state index contributed by atoms with van der Waals surface area (Å²) in [6.07, 6.45) is 4.46. The third-order valence-electron chi connectivity index (χ3n) is 3.00. The largest absolute Gasteiger partial charge is 0.303 e. The molecule has 2 rings (SSSR count). The van der Waals surface area contributed by atoms with Crippen LogP contribution < -0.4 is 0 Å². The maximum absolute atomic E-state index is 4.14. The first-order valence-electron chi connectivity index (χ1n) is 5.40. The minimum Gasteiger partial charge on any atom is -0.303 e. The summed E-state index contributed by atoms with van der Waals surface area (Å²) in [6.45, 7) is 7.77. The monoisotopic (exact) mass is 194 g/mol. The Bertz CT molecular complexity index is 286. The summed E-state index contributed by atoms with van der Waals surface area (Å²) >= 11 is 0. The lowest BCUT2D eigenvalue weighted by molar-refractivity contribution is 0.186. The van der Waals surface area contributed by atoms with E-state index in [0.717, 1.165) is 5.69 Å². The Labute approximate surface area is 84.9 Å². The van der Waals surface area contributed by atoms with E-state index in [9.17, 15) is 0 Å². The summed E-state index contributed by atoms with van der Waals surface area (Å²) in [5.41, 5.74) is 1.02. The van der Waals surface area contributed by atoms with Crippen LogP contribution in [0.15, 0.2) is 6.20 Å². The predicted octanol–water partition coefficient (Wildman–Crippen LogP) is 1.24. The normalized spacial score (nSPS) is 20.1. The summed E-state index contributed by atoms with van der Waals surface area (Å²) in [4.78, 5) is 2.49. The van der Waals surface area contributed by atoms with Crippen LogP contribution in [0.2, 0.25) is 0 Å². The molecule has 1 saturated heterocycles. The summed E-state index contributed by atoms with van der Waals surface area (Å²) in [5, 5.41) is 8.17. The molecule has 0 radical (unpaired) electrons. The Balaban J connectivity index is 1.95. The highest BCUT2D eigenvalue weighted by molar-refractivity contribution is 4.89. The van der Waals surface area contributed by atoms with Gasteiger partial charge in [0.05, 0.1) is 11.7 Å². The van der Waals surface area contributed by atoms with Gasteiger partial charge in [-0.3, -0.25) is 0 Å². The molecule has 1 aliphatic heterocycles. The van der Waals surface area contributed by atoms with E-state index in [4.69, 9.17) is 0 Å². The Morgan fingerprint density at radius 3 is 2.64 bits per heavy atom. The van der Waals surface area contributed by atoms with Crippen molar-refractivity contribution >= 4 is 0 Å². The Morgan fingerprint density at radius 2 is 2.14 bits per heavy atom. The third-order valence-corrected chi connectivity index (χ3v) is 3.00. The van der Waals surface area contributed by atoms with E-state index in [2.05, 4.69) is 22.1 Å². The lowest BCUT2D eigenvalue weighted by atomic mass is 10.1. The molecule has 0 aromatic carbocycles. The van der Waals surface area contributed by atoms with Crippen molar-refractivity contribution in [2.45, 2.75) is 32.7 Å². The fraction of sp³-hybridized carbons (Fsp3) is 0.800. The Hall–Kier alpha value is -0.900. The number of hydrogen-bond acceptors (Lipinski definition) is 3. The molecule has 0 N–H and O–H groups in total. The molecule has 0 saturated carbocycles. The van der Waals surface area contributed by atoms with Crippen LogP contribution in [0, 0.1) is 6.92 Å². The second kappa shape index (κ2) is 4.09. The fourth-order valence-corrected chi connectivity index (χ4v) is 2.04. The van der Waals surface area contributed by atoms with Crippen molar-refractivity contribution in [2.24, 2.45) is 0 Å². The van der Waals surface area contributed by atoms with Crippen LogP contribution >= 0.6 is 0 Å². The van der Waals surface area contributed by atoms with Gasteiger partial charge in [0.15, 0.2) is 0 Å². The van der Waals surface area contributed by atoms with E-state index >= 15 is 0 Å². The zero-order valence-corrected chi connectivity index (χ0v) is 8.98. The number of piperidine rings is 1. The van der Waals surface area contributed by atoms with Gasteiger partial charge in [-0.05, 0) is 26.3 Å². The van der Waals surface area contributed by atoms with E-state index in [1.54, 1.807) is 0 Å². The van der Waals surface area contributed by atoms with Gasteiger partial charge in [-0.25, -0.2) is 4.68 Å². The molecular weight excluding hydrogens is 176 g/mol. The lowest BCUT2D eigenvalue weighted by Gasteiger charge is -2.30. The number of rotatable bonds is 2. The van der Waals surface area contributed by atoms with Crippen molar-refractivity contribution in [2.75, 3.05) is 19.6 Å². The topological polar surface area (TPSA) is 34.0 Å². The average molecular weight is 194 g/mol. The maximum atomic E-state index is 4.14. The van der Waals surface area contributed by atoms with E-state index in [0.29, 0.717) is 6.04 Å². The molecule has 1 aromatic heterocycles. The Morgan fingerprint density at radius 1 is 1.43 bits per heavy atom. The minimum absolute atomic E-state index is 0.569. The van der Waals surface area contributed by atoms with Crippen LogP contribution in [-0.4, -0.2) is 39.5 Å². The molecule has 1 aromatic rings. The van der Waals surface area contributed by atoms with Gasteiger partial charge in [0.1, 0.15) is 0 Å². The van der Waals surface area contributed by atoms with E-state index in [-0.39, 0.29) is 0 Å². The third kappa shape index (κ3) is 1.95. The fourth-order valence-electron chi connectivity index (χ4n) is 2.04. The molecule has 0 aliphatic carbocycles. The first kappa shape index (κ1) is 9.65. The molecule has 0 amide bonds. The van der Waals surface area contributed by atoms with Crippen molar-refractivity contribution in [3.63, 3.8) is 0 Å². The summed E-state index contributed by atoms with van der Waals surface area (Å²) < 4.78 is 2.03. The molecule has 0 atom stereocenters. The predicted molar refractivity (Wildman–Crippen MR) is 55.1 cm³/mol. The number of aromatic nitrogens is 3. The molecule has 1 fully saturated rings. The quantitative estimate of drug-likeness (QED) is 0.710. The van der Waals surface area contributed by atoms with Gasteiger partial charge in [0.2, 0.25) is 0 Å². The SMILES string of the molecule is CCN1CCC(n2cc(C)nn2)CC1. The van der Waals surface area contributed by atoms with Gasteiger partial charge in [-0.1, -0.05) is 12.1 Å². The van der Waals surface area contributed by atoms with Gasteiger partial charge in [-0.15, -0.1) is 5.10 Å². The van der Waals surface area contributed by atoms with Gasteiger partial charge in [-0.2, -0.15) is 0 Å². The molecular formula is C10H18N4. The van der Waals surface area contributed by atoms with Crippen molar-refractivity contribution in [1.82, 2.24) is 19.9 Å². The summed E-state index contributed by atoms with van der Waals surface area (Å²) in [5.74, 6) is 0. The van der Waals surface area contributed by atoms with Gasteiger partial charge < -0.3 is 4.90 Å². The second-order valence-corrected chi connectivity index (χ2v) is 4.01. The molecule has 1 aliphatic rings. The van der Waals surface area contributed by atoms with E-state index in [1.165, 1.54) is 32.5 Å². The zero-order chi connectivity index (χ0) is 9.97. The van der Waals surface area contributed by atoms with Gasteiger partial charge in [0, 0.05) is 19.3 Å². The van der Waals surface area contributed by atoms with Gasteiger partial charge in [0.25, 0.3) is 0 Å². The molecule has 4 heteroatoms. The highest BCUT2D eigenvalue weighted by atomic mass is 15.4. The molecule has 0 spiro atoms. The van der Waals surface area contributed by atoms with Crippen molar-refractivity contribution in [3.05, 3.63) is 11.9 Å². The van der Waals surface area contributed by atoms with Gasteiger partial charge >= 0.3 is 0 Å². The number of nitrogens with zero attached hydrogens (tertiary/aromatic N) is 4. The lowest BCUT2D eigenvalue weighted by Crippen LogP contribution is -2.34. The van der Waals surface area contributed by atoms with E-state index < -0.39 is 0 Å². The Kier molecular flexibility index (Phi) is 2.82. The van der Waals surface area contributed by atoms with Crippen molar-refractivity contribution in [1.29, 1.82) is 0 Å². The molecule has 4 nitrogen and oxygen atoms in total. The van der Waals surface area contributed by atoms with Crippen molar-refractivity contribution in [3.8, 4) is 0 Å². The molecule has 0 unspecified atom stereocenters. The number of hydrogen-bond donors (Lipinski definition) is 0. The smallest absolute Gasteiger partial charge is 0.0796 e. The molecule has 0 bridgehead atoms.